The Kier molecular flexibility index (Phi) is 5.04. The quantitative estimate of drug-likeness (QED) is 0.517. The summed E-state index contributed by atoms with van der Waals surface area (Å²) in [6.45, 7) is 2.04. The van der Waals surface area contributed by atoms with Crippen molar-refractivity contribution in [3.8, 4) is 11.4 Å². The Hall–Kier alpha value is -0.660. The summed E-state index contributed by atoms with van der Waals surface area (Å²) in [6.07, 6.45) is 1.70. The summed E-state index contributed by atoms with van der Waals surface area (Å²) in [5.41, 5.74) is 1.32. The van der Waals surface area contributed by atoms with Crippen LogP contribution >= 0.6 is 44.1 Å². The minimum absolute atomic E-state index is 0.0282. The molecule has 2 nitrogen and oxygen atoms in total. The SMILES string of the molecule is CCCc1[nH]c(-c2ccc(F)c(F)c2Br)nc(=S)c1Br. The van der Waals surface area contributed by atoms with Crippen LogP contribution in [0.2, 0.25) is 0 Å². The minimum Gasteiger partial charge on any atom is -0.342 e. The summed E-state index contributed by atoms with van der Waals surface area (Å²) in [5, 5.41) is 0. The zero-order chi connectivity index (χ0) is 14.9. The van der Waals surface area contributed by atoms with Gasteiger partial charge in [-0.3, -0.25) is 0 Å². The highest BCUT2D eigenvalue weighted by Crippen LogP contribution is 2.31. The minimum atomic E-state index is -0.941. The zero-order valence-corrected chi connectivity index (χ0v) is 14.4. The lowest BCUT2D eigenvalue weighted by Crippen LogP contribution is -2.00. The van der Waals surface area contributed by atoms with Gasteiger partial charge in [0, 0.05) is 11.3 Å². The highest BCUT2D eigenvalue weighted by molar-refractivity contribution is 9.11. The average Bonchev–Trinajstić information content (AvgIpc) is 2.41. The molecule has 2 aromatic rings. The van der Waals surface area contributed by atoms with Gasteiger partial charge in [-0.05, 0) is 50.4 Å². The van der Waals surface area contributed by atoms with Gasteiger partial charge < -0.3 is 4.98 Å². The van der Waals surface area contributed by atoms with Gasteiger partial charge in [0.25, 0.3) is 0 Å². The number of halogens is 4. The summed E-state index contributed by atoms with van der Waals surface area (Å²) in [6, 6.07) is 2.52. The second kappa shape index (κ2) is 6.41. The van der Waals surface area contributed by atoms with Crippen LogP contribution < -0.4 is 0 Å². The Balaban J connectivity index is 2.65. The van der Waals surface area contributed by atoms with Gasteiger partial charge in [-0.25, -0.2) is 13.8 Å². The van der Waals surface area contributed by atoms with Crippen molar-refractivity contribution in [2.75, 3.05) is 0 Å². The van der Waals surface area contributed by atoms with E-state index in [0.717, 1.165) is 29.1 Å². The van der Waals surface area contributed by atoms with Crippen molar-refractivity contribution in [1.82, 2.24) is 9.97 Å². The van der Waals surface area contributed by atoms with Crippen LogP contribution in [0.4, 0.5) is 8.78 Å². The van der Waals surface area contributed by atoms with Crippen LogP contribution in [0.5, 0.6) is 0 Å². The number of H-pyrrole nitrogens is 1. The summed E-state index contributed by atoms with van der Waals surface area (Å²) in [5.74, 6) is -1.44. The molecule has 0 spiro atoms. The maximum atomic E-state index is 13.6. The molecule has 0 atom stereocenters. The molecule has 0 saturated heterocycles. The summed E-state index contributed by atoms with van der Waals surface area (Å²) in [7, 11) is 0. The molecule has 106 valence electrons. The van der Waals surface area contributed by atoms with E-state index in [1.54, 1.807) is 0 Å². The summed E-state index contributed by atoms with van der Waals surface area (Å²) < 4.78 is 27.9. The van der Waals surface area contributed by atoms with Gasteiger partial charge in [-0.2, -0.15) is 0 Å². The number of benzene rings is 1. The molecular weight excluding hydrogens is 414 g/mol. The number of hydrogen-bond donors (Lipinski definition) is 1. The van der Waals surface area contributed by atoms with E-state index >= 15 is 0 Å². The van der Waals surface area contributed by atoms with Crippen LogP contribution in [0.15, 0.2) is 21.1 Å². The van der Waals surface area contributed by atoms with Crippen molar-refractivity contribution in [3.05, 3.63) is 43.0 Å². The molecule has 2 rings (SSSR count). The van der Waals surface area contributed by atoms with Crippen LogP contribution in [0.3, 0.4) is 0 Å². The van der Waals surface area contributed by atoms with E-state index in [4.69, 9.17) is 12.2 Å². The molecule has 20 heavy (non-hydrogen) atoms. The molecule has 1 aromatic carbocycles. The smallest absolute Gasteiger partial charge is 0.173 e. The van der Waals surface area contributed by atoms with Crippen LogP contribution in [0.1, 0.15) is 19.0 Å². The van der Waals surface area contributed by atoms with Crippen LogP contribution in [0.25, 0.3) is 11.4 Å². The second-order valence-corrected chi connectivity index (χ2v) is 6.13. The lowest BCUT2D eigenvalue weighted by atomic mass is 10.2. The van der Waals surface area contributed by atoms with Crippen molar-refractivity contribution in [1.29, 1.82) is 0 Å². The van der Waals surface area contributed by atoms with Crippen LogP contribution in [0, 0.1) is 16.3 Å². The van der Waals surface area contributed by atoms with Crippen molar-refractivity contribution in [2.45, 2.75) is 19.8 Å². The monoisotopic (exact) mass is 422 g/mol. The number of aryl methyl sites for hydroxylation is 1. The highest BCUT2D eigenvalue weighted by Gasteiger charge is 2.15. The number of nitrogens with one attached hydrogen (secondary N) is 1. The standard InChI is InChI=1S/C13H10Br2F2N2S/c1-2-3-8-10(15)13(20)19-12(18-8)6-4-5-7(16)11(17)9(6)14/h4-5H,2-3H2,1H3,(H,18,19,20). The third kappa shape index (κ3) is 2.99. The normalized spacial score (nSPS) is 10.8. The number of hydrogen-bond acceptors (Lipinski definition) is 2. The van der Waals surface area contributed by atoms with E-state index in [0.29, 0.717) is 16.0 Å². The maximum absolute atomic E-state index is 13.6. The Bertz CT molecular complexity index is 716. The lowest BCUT2D eigenvalue weighted by Gasteiger charge is -2.10. The molecule has 0 fully saturated rings. The number of aromatic amines is 1. The number of aromatic nitrogens is 2. The molecule has 0 bridgehead atoms. The topological polar surface area (TPSA) is 28.7 Å². The molecule has 1 heterocycles. The molecule has 0 aliphatic rings. The Morgan fingerprint density at radius 3 is 2.60 bits per heavy atom. The van der Waals surface area contributed by atoms with Gasteiger partial charge in [0.1, 0.15) is 10.5 Å². The van der Waals surface area contributed by atoms with Gasteiger partial charge in [0.2, 0.25) is 0 Å². The molecule has 0 radical (unpaired) electrons. The summed E-state index contributed by atoms with van der Waals surface area (Å²) in [4.78, 5) is 7.33. The third-order valence-electron chi connectivity index (χ3n) is 2.73. The molecule has 7 heteroatoms. The fourth-order valence-electron chi connectivity index (χ4n) is 1.76. The highest BCUT2D eigenvalue weighted by atomic mass is 79.9. The van der Waals surface area contributed by atoms with E-state index in [9.17, 15) is 8.78 Å². The van der Waals surface area contributed by atoms with Crippen molar-refractivity contribution >= 4 is 44.1 Å². The Morgan fingerprint density at radius 1 is 1.25 bits per heavy atom. The number of rotatable bonds is 3. The molecule has 1 aromatic heterocycles. The first kappa shape index (κ1) is 15.7. The van der Waals surface area contributed by atoms with Crippen LogP contribution in [-0.2, 0) is 6.42 Å². The third-order valence-corrected chi connectivity index (χ3v) is 4.91. The Morgan fingerprint density at radius 2 is 1.95 bits per heavy atom. The molecule has 0 aliphatic carbocycles. The van der Waals surface area contributed by atoms with Gasteiger partial charge in [-0.1, -0.05) is 25.6 Å². The van der Waals surface area contributed by atoms with Crippen LogP contribution in [-0.4, -0.2) is 9.97 Å². The van der Waals surface area contributed by atoms with Gasteiger partial charge in [0.15, 0.2) is 11.6 Å². The first-order valence-electron chi connectivity index (χ1n) is 5.88. The molecule has 0 amide bonds. The fraction of sp³-hybridized carbons (Fsp3) is 0.231. The van der Waals surface area contributed by atoms with Gasteiger partial charge in [-0.15, -0.1) is 0 Å². The van der Waals surface area contributed by atoms with E-state index in [2.05, 4.69) is 41.8 Å². The average molecular weight is 424 g/mol. The second-order valence-electron chi connectivity index (χ2n) is 4.16. The van der Waals surface area contributed by atoms with E-state index in [1.807, 2.05) is 6.92 Å². The molecule has 1 N–H and O–H groups in total. The van der Waals surface area contributed by atoms with Crippen molar-refractivity contribution < 1.29 is 8.78 Å². The van der Waals surface area contributed by atoms with E-state index in [1.165, 1.54) is 6.07 Å². The van der Waals surface area contributed by atoms with Crippen molar-refractivity contribution in [2.24, 2.45) is 0 Å². The summed E-state index contributed by atoms with van der Waals surface area (Å²) >= 11 is 11.6. The van der Waals surface area contributed by atoms with E-state index in [-0.39, 0.29) is 4.47 Å². The predicted molar refractivity (Wildman–Crippen MR) is 84.2 cm³/mol. The van der Waals surface area contributed by atoms with Crippen molar-refractivity contribution in [3.63, 3.8) is 0 Å². The number of nitrogens with zero attached hydrogens (tertiary/aromatic N) is 1. The fourth-order valence-corrected chi connectivity index (χ4v) is 2.87. The molecule has 0 saturated carbocycles. The Labute approximate surface area is 136 Å². The van der Waals surface area contributed by atoms with Gasteiger partial charge >= 0.3 is 0 Å². The predicted octanol–water partition coefficient (Wildman–Crippen LogP) is 5.56. The maximum Gasteiger partial charge on any atom is 0.173 e. The molecule has 0 unspecified atom stereocenters. The molecular formula is C13H10Br2F2N2S. The zero-order valence-electron chi connectivity index (χ0n) is 10.4. The molecule has 0 aliphatic heterocycles. The van der Waals surface area contributed by atoms with E-state index < -0.39 is 11.6 Å². The largest absolute Gasteiger partial charge is 0.342 e. The lowest BCUT2D eigenvalue weighted by molar-refractivity contribution is 0.504. The first-order chi connectivity index (χ1) is 9.45. The first-order valence-corrected chi connectivity index (χ1v) is 7.87. The van der Waals surface area contributed by atoms with Gasteiger partial charge in [0.05, 0.1) is 8.95 Å².